The summed E-state index contributed by atoms with van der Waals surface area (Å²) < 4.78 is 22.6. The molecular formula is C8H12ClN5O2S. The van der Waals surface area contributed by atoms with Crippen molar-refractivity contribution in [2.45, 2.75) is 0 Å². The summed E-state index contributed by atoms with van der Waals surface area (Å²) in [5, 5.41) is 2.86. The Hall–Kier alpha value is -1.15. The zero-order valence-corrected chi connectivity index (χ0v) is 10.8. The van der Waals surface area contributed by atoms with Gasteiger partial charge in [-0.2, -0.15) is 15.0 Å². The normalized spacial score (nSPS) is 19.1. The van der Waals surface area contributed by atoms with Gasteiger partial charge in [-0.1, -0.05) is 0 Å². The first-order valence-corrected chi connectivity index (χ1v) is 7.25. The van der Waals surface area contributed by atoms with Crippen molar-refractivity contribution in [3.63, 3.8) is 0 Å². The molecule has 0 aliphatic carbocycles. The monoisotopic (exact) mass is 277 g/mol. The molecule has 1 N–H and O–H groups in total. The molecule has 2 rings (SSSR count). The Morgan fingerprint density at radius 1 is 1.24 bits per heavy atom. The molecule has 0 amide bonds. The van der Waals surface area contributed by atoms with Gasteiger partial charge < -0.3 is 10.2 Å². The van der Waals surface area contributed by atoms with Crippen LogP contribution >= 0.6 is 11.6 Å². The predicted molar refractivity (Wildman–Crippen MR) is 65.3 cm³/mol. The Labute approximate surface area is 104 Å². The smallest absolute Gasteiger partial charge is 0.231 e. The lowest BCUT2D eigenvalue weighted by atomic mass is 10.5. The number of sulfone groups is 1. The summed E-state index contributed by atoms with van der Waals surface area (Å²) in [7, 11) is -1.23. The SMILES string of the molecule is CNc1nc(Cl)nc(N2CCS(=O)(=O)CC2)n1. The van der Waals surface area contributed by atoms with Gasteiger partial charge in [-0.3, -0.25) is 0 Å². The first-order valence-electron chi connectivity index (χ1n) is 5.05. The highest BCUT2D eigenvalue weighted by molar-refractivity contribution is 7.91. The number of aromatic nitrogens is 3. The zero-order chi connectivity index (χ0) is 12.5. The second-order valence-corrected chi connectivity index (χ2v) is 6.26. The predicted octanol–water partition coefficient (Wildman–Crippen LogP) is -0.199. The third-order valence-electron chi connectivity index (χ3n) is 2.45. The highest BCUT2D eigenvalue weighted by atomic mass is 35.5. The summed E-state index contributed by atoms with van der Waals surface area (Å²) in [6.07, 6.45) is 0. The van der Waals surface area contributed by atoms with E-state index in [1.165, 1.54) is 0 Å². The van der Waals surface area contributed by atoms with Gasteiger partial charge >= 0.3 is 0 Å². The summed E-state index contributed by atoms with van der Waals surface area (Å²) in [6.45, 7) is 0.762. The molecule has 0 bridgehead atoms. The van der Waals surface area contributed by atoms with Gasteiger partial charge in [-0.15, -0.1) is 0 Å². The molecule has 1 aliphatic rings. The molecule has 0 spiro atoms. The Bertz CT molecular complexity index is 507. The maximum absolute atomic E-state index is 11.3. The number of hydrogen-bond acceptors (Lipinski definition) is 7. The van der Waals surface area contributed by atoms with E-state index in [4.69, 9.17) is 11.6 Å². The van der Waals surface area contributed by atoms with E-state index in [0.29, 0.717) is 25.0 Å². The van der Waals surface area contributed by atoms with Crippen LogP contribution in [-0.4, -0.2) is 55.0 Å². The summed E-state index contributed by atoms with van der Waals surface area (Å²) in [5.74, 6) is 1.01. The average Bonchev–Trinajstić information content (AvgIpc) is 2.28. The van der Waals surface area contributed by atoms with Gasteiger partial charge in [0.15, 0.2) is 9.84 Å². The van der Waals surface area contributed by atoms with Gasteiger partial charge in [0.25, 0.3) is 0 Å². The standard InChI is InChI=1S/C8H12ClN5O2S/c1-10-7-11-6(9)12-8(13-7)14-2-4-17(15,16)5-3-14/h2-5H2,1H3,(H,10,11,12,13). The van der Waals surface area contributed by atoms with Crippen molar-refractivity contribution >= 4 is 33.3 Å². The molecule has 9 heteroatoms. The number of nitrogens with zero attached hydrogens (tertiary/aromatic N) is 4. The molecule has 94 valence electrons. The quantitative estimate of drug-likeness (QED) is 0.801. The van der Waals surface area contributed by atoms with Crippen molar-refractivity contribution in [2.75, 3.05) is 41.9 Å². The number of halogens is 1. The van der Waals surface area contributed by atoms with E-state index in [2.05, 4.69) is 20.3 Å². The first kappa shape index (κ1) is 12.3. The molecule has 1 aromatic heterocycles. The van der Waals surface area contributed by atoms with Gasteiger partial charge in [0.2, 0.25) is 17.2 Å². The van der Waals surface area contributed by atoms with E-state index in [9.17, 15) is 8.42 Å². The van der Waals surface area contributed by atoms with Gasteiger partial charge in [0.1, 0.15) is 0 Å². The molecule has 7 nitrogen and oxygen atoms in total. The summed E-state index contributed by atoms with van der Waals surface area (Å²) in [6, 6.07) is 0. The lowest BCUT2D eigenvalue weighted by Gasteiger charge is -2.26. The number of nitrogens with one attached hydrogen (secondary N) is 1. The van der Waals surface area contributed by atoms with Gasteiger partial charge in [-0.05, 0) is 11.6 Å². The van der Waals surface area contributed by atoms with Crippen LogP contribution in [0.2, 0.25) is 5.28 Å². The fraction of sp³-hybridized carbons (Fsp3) is 0.625. The fourth-order valence-electron chi connectivity index (χ4n) is 1.51. The van der Waals surface area contributed by atoms with Crippen LogP contribution in [0.1, 0.15) is 0 Å². The zero-order valence-electron chi connectivity index (χ0n) is 9.22. The van der Waals surface area contributed by atoms with E-state index in [-0.39, 0.29) is 16.8 Å². The second kappa shape index (κ2) is 4.61. The van der Waals surface area contributed by atoms with E-state index < -0.39 is 9.84 Å². The van der Waals surface area contributed by atoms with Gasteiger partial charge in [-0.25, -0.2) is 8.42 Å². The Morgan fingerprint density at radius 2 is 1.88 bits per heavy atom. The van der Waals surface area contributed by atoms with Crippen LogP contribution < -0.4 is 10.2 Å². The molecule has 1 fully saturated rings. The highest BCUT2D eigenvalue weighted by Gasteiger charge is 2.23. The number of rotatable bonds is 2. The topological polar surface area (TPSA) is 88.1 Å². The maximum atomic E-state index is 11.3. The summed E-state index contributed by atoms with van der Waals surface area (Å²) in [5.41, 5.74) is 0. The average molecular weight is 278 g/mol. The van der Waals surface area contributed by atoms with Crippen LogP contribution in [0.5, 0.6) is 0 Å². The van der Waals surface area contributed by atoms with Crippen LogP contribution in [-0.2, 0) is 9.84 Å². The van der Waals surface area contributed by atoms with Crippen molar-refractivity contribution in [3.8, 4) is 0 Å². The van der Waals surface area contributed by atoms with E-state index in [0.717, 1.165) is 0 Å². The third kappa shape index (κ3) is 2.95. The van der Waals surface area contributed by atoms with Crippen LogP contribution in [0.4, 0.5) is 11.9 Å². The van der Waals surface area contributed by atoms with Crippen molar-refractivity contribution < 1.29 is 8.42 Å². The highest BCUT2D eigenvalue weighted by Crippen LogP contribution is 2.15. The summed E-state index contributed by atoms with van der Waals surface area (Å²) >= 11 is 5.76. The van der Waals surface area contributed by atoms with Gasteiger partial charge in [0, 0.05) is 20.1 Å². The van der Waals surface area contributed by atoms with E-state index in [1.54, 1.807) is 11.9 Å². The lowest BCUT2D eigenvalue weighted by Crippen LogP contribution is -2.41. The minimum atomic E-state index is -2.91. The largest absolute Gasteiger partial charge is 0.357 e. The molecule has 1 aromatic rings. The molecule has 0 unspecified atom stereocenters. The minimum absolute atomic E-state index is 0.0905. The van der Waals surface area contributed by atoms with Crippen LogP contribution in [0.15, 0.2) is 0 Å². The second-order valence-electron chi connectivity index (χ2n) is 3.62. The molecule has 1 saturated heterocycles. The van der Waals surface area contributed by atoms with E-state index >= 15 is 0 Å². The Balaban J connectivity index is 2.21. The third-order valence-corrected chi connectivity index (χ3v) is 4.23. The minimum Gasteiger partial charge on any atom is -0.357 e. The molecule has 17 heavy (non-hydrogen) atoms. The molecule has 2 heterocycles. The van der Waals surface area contributed by atoms with Crippen molar-refractivity contribution in [1.82, 2.24) is 15.0 Å². The molecule has 0 saturated carbocycles. The van der Waals surface area contributed by atoms with Gasteiger partial charge in [0.05, 0.1) is 11.5 Å². The molecule has 0 atom stereocenters. The Kier molecular flexibility index (Phi) is 3.34. The molecular weight excluding hydrogens is 266 g/mol. The van der Waals surface area contributed by atoms with Crippen molar-refractivity contribution in [1.29, 1.82) is 0 Å². The Morgan fingerprint density at radius 3 is 2.47 bits per heavy atom. The fourth-order valence-corrected chi connectivity index (χ4v) is 2.86. The maximum Gasteiger partial charge on any atom is 0.231 e. The summed E-state index contributed by atoms with van der Waals surface area (Å²) in [4.78, 5) is 13.8. The van der Waals surface area contributed by atoms with Crippen LogP contribution in [0.3, 0.4) is 0 Å². The van der Waals surface area contributed by atoms with Crippen molar-refractivity contribution in [2.24, 2.45) is 0 Å². The van der Waals surface area contributed by atoms with Crippen LogP contribution in [0, 0.1) is 0 Å². The van der Waals surface area contributed by atoms with Crippen LogP contribution in [0.25, 0.3) is 0 Å². The first-order chi connectivity index (χ1) is 8.00. The van der Waals surface area contributed by atoms with Crippen molar-refractivity contribution in [3.05, 3.63) is 5.28 Å². The molecule has 0 radical (unpaired) electrons. The molecule has 1 aliphatic heterocycles. The van der Waals surface area contributed by atoms with E-state index in [1.807, 2.05) is 0 Å². The molecule has 0 aromatic carbocycles. The number of anilines is 2. The lowest BCUT2D eigenvalue weighted by molar-refractivity contribution is 0.585. The number of hydrogen-bond donors (Lipinski definition) is 1.